The molecule has 27 heavy (non-hydrogen) atoms. The van der Waals surface area contributed by atoms with Crippen molar-refractivity contribution in [1.29, 1.82) is 0 Å². The van der Waals surface area contributed by atoms with Gasteiger partial charge in [-0.1, -0.05) is 12.1 Å². The number of aliphatic hydroxyl groups is 1. The van der Waals surface area contributed by atoms with Crippen molar-refractivity contribution in [2.45, 2.75) is 38.2 Å². The molecule has 0 aliphatic rings. The number of hydrogen-bond acceptors (Lipinski definition) is 6. The predicted molar refractivity (Wildman–Crippen MR) is 102 cm³/mol. The summed E-state index contributed by atoms with van der Waals surface area (Å²) in [6.45, 7) is 0. The Morgan fingerprint density at radius 3 is 1.96 bits per heavy atom. The van der Waals surface area contributed by atoms with Crippen molar-refractivity contribution in [1.82, 2.24) is 0 Å². The molecule has 0 unspecified atom stereocenters. The third kappa shape index (κ3) is 6.18. The highest BCUT2D eigenvalue weighted by molar-refractivity contribution is 5.79. The van der Waals surface area contributed by atoms with Crippen molar-refractivity contribution in [3.8, 4) is 23.0 Å². The lowest BCUT2D eigenvalue weighted by Crippen LogP contribution is -2.15. The van der Waals surface area contributed by atoms with Gasteiger partial charge in [0.1, 0.15) is 5.78 Å². The number of ketones is 1. The second-order valence-corrected chi connectivity index (χ2v) is 6.45. The summed E-state index contributed by atoms with van der Waals surface area (Å²) in [5.41, 5.74) is 1.82. The summed E-state index contributed by atoms with van der Waals surface area (Å²) >= 11 is 0. The van der Waals surface area contributed by atoms with E-state index in [1.807, 2.05) is 0 Å². The summed E-state index contributed by atoms with van der Waals surface area (Å²) < 4.78 is 10.1. The van der Waals surface area contributed by atoms with Crippen LogP contribution in [0.15, 0.2) is 36.4 Å². The molecule has 0 aliphatic carbocycles. The first kappa shape index (κ1) is 20.6. The Balaban J connectivity index is 1.78. The summed E-state index contributed by atoms with van der Waals surface area (Å²) in [7, 11) is 2.96. The van der Waals surface area contributed by atoms with E-state index in [1.165, 1.54) is 14.2 Å². The topological polar surface area (TPSA) is 96.2 Å². The average molecular weight is 374 g/mol. The van der Waals surface area contributed by atoms with Gasteiger partial charge in [0.2, 0.25) is 0 Å². The fourth-order valence-corrected chi connectivity index (χ4v) is 2.84. The lowest BCUT2D eigenvalue weighted by atomic mass is 10.00. The van der Waals surface area contributed by atoms with Crippen LogP contribution in [-0.4, -0.2) is 41.4 Å². The smallest absolute Gasteiger partial charge is 0.160 e. The number of aliphatic hydroxyl groups excluding tert-OH is 1. The van der Waals surface area contributed by atoms with Gasteiger partial charge in [-0.3, -0.25) is 4.79 Å². The zero-order valence-electron chi connectivity index (χ0n) is 15.6. The Hall–Kier alpha value is -2.73. The van der Waals surface area contributed by atoms with Gasteiger partial charge in [-0.2, -0.15) is 0 Å². The molecule has 0 aromatic heterocycles. The molecule has 0 spiro atoms. The van der Waals surface area contributed by atoms with Gasteiger partial charge in [-0.15, -0.1) is 0 Å². The Morgan fingerprint density at radius 1 is 0.926 bits per heavy atom. The molecule has 2 aromatic rings. The Labute approximate surface area is 159 Å². The molecular formula is C21H26O6. The van der Waals surface area contributed by atoms with E-state index in [9.17, 15) is 20.1 Å². The lowest BCUT2D eigenvalue weighted by molar-refractivity contribution is -0.120. The van der Waals surface area contributed by atoms with Crippen molar-refractivity contribution in [3.05, 3.63) is 47.5 Å². The zero-order valence-corrected chi connectivity index (χ0v) is 15.6. The van der Waals surface area contributed by atoms with E-state index in [0.29, 0.717) is 37.2 Å². The molecule has 0 saturated carbocycles. The summed E-state index contributed by atoms with van der Waals surface area (Å²) in [6, 6.07) is 10.0. The van der Waals surface area contributed by atoms with Crippen LogP contribution in [0.5, 0.6) is 23.0 Å². The van der Waals surface area contributed by atoms with Crippen LogP contribution in [0.2, 0.25) is 0 Å². The zero-order chi connectivity index (χ0) is 19.8. The van der Waals surface area contributed by atoms with Gasteiger partial charge < -0.3 is 24.8 Å². The van der Waals surface area contributed by atoms with Crippen LogP contribution in [0, 0.1) is 0 Å². The minimum absolute atomic E-state index is 0.0159. The molecule has 0 bridgehead atoms. The number of carbonyl (C=O) groups excluding carboxylic acids is 1. The van der Waals surface area contributed by atoms with Crippen LogP contribution < -0.4 is 9.47 Å². The van der Waals surface area contributed by atoms with Gasteiger partial charge in [0.05, 0.1) is 20.3 Å². The van der Waals surface area contributed by atoms with Crippen LogP contribution in [0.3, 0.4) is 0 Å². The normalized spacial score (nSPS) is 11.8. The SMILES string of the molecule is COc1cc(CCC(=O)C[C@H](O)CCc2ccc(O)c(OC)c2)ccc1O. The molecular weight excluding hydrogens is 348 g/mol. The van der Waals surface area contributed by atoms with Crippen LogP contribution in [0.4, 0.5) is 0 Å². The van der Waals surface area contributed by atoms with E-state index in [4.69, 9.17) is 9.47 Å². The maximum Gasteiger partial charge on any atom is 0.160 e. The van der Waals surface area contributed by atoms with Crippen LogP contribution in [0.1, 0.15) is 30.4 Å². The third-order valence-electron chi connectivity index (χ3n) is 4.41. The number of Topliss-reactive ketones (excluding diaryl/α,β-unsaturated/α-hetero) is 1. The van der Waals surface area contributed by atoms with E-state index in [-0.39, 0.29) is 23.7 Å². The molecule has 0 fully saturated rings. The van der Waals surface area contributed by atoms with E-state index in [0.717, 1.165) is 11.1 Å². The maximum absolute atomic E-state index is 12.1. The standard InChI is InChI=1S/C21H26O6/c1-26-20-11-14(5-9-18(20)24)3-7-16(22)13-17(23)8-4-15-6-10-19(25)21(12-15)27-2/h5-6,9-12,16,22,24-25H,3-4,7-8,13H2,1-2H3/t16-/m1/s1. The molecule has 0 amide bonds. The largest absolute Gasteiger partial charge is 0.504 e. The highest BCUT2D eigenvalue weighted by atomic mass is 16.5. The monoisotopic (exact) mass is 374 g/mol. The number of phenolic OH excluding ortho intramolecular Hbond substituents is 2. The lowest BCUT2D eigenvalue weighted by Gasteiger charge is -2.11. The van der Waals surface area contributed by atoms with Crippen LogP contribution >= 0.6 is 0 Å². The van der Waals surface area contributed by atoms with Crippen molar-refractivity contribution in [2.75, 3.05) is 14.2 Å². The van der Waals surface area contributed by atoms with Crippen LogP contribution in [-0.2, 0) is 17.6 Å². The number of phenols is 2. The molecule has 1 atom stereocenters. The second kappa shape index (κ2) is 9.83. The number of methoxy groups -OCH3 is 2. The van der Waals surface area contributed by atoms with Crippen molar-refractivity contribution < 1.29 is 29.6 Å². The van der Waals surface area contributed by atoms with E-state index in [1.54, 1.807) is 36.4 Å². The molecule has 2 aromatic carbocycles. The number of aromatic hydroxyl groups is 2. The molecule has 0 saturated heterocycles. The van der Waals surface area contributed by atoms with Gasteiger partial charge in [-0.05, 0) is 54.7 Å². The molecule has 0 aliphatic heterocycles. The maximum atomic E-state index is 12.1. The number of hydrogen-bond donors (Lipinski definition) is 3. The number of benzene rings is 2. The molecule has 0 radical (unpaired) electrons. The summed E-state index contributed by atoms with van der Waals surface area (Å²) in [6.07, 6.45) is 1.26. The highest BCUT2D eigenvalue weighted by Gasteiger charge is 2.13. The number of rotatable bonds is 10. The van der Waals surface area contributed by atoms with Gasteiger partial charge in [0, 0.05) is 12.8 Å². The quantitative estimate of drug-likeness (QED) is 0.592. The number of ether oxygens (including phenoxy) is 2. The highest BCUT2D eigenvalue weighted by Crippen LogP contribution is 2.28. The average Bonchev–Trinajstić information content (AvgIpc) is 2.66. The Morgan fingerprint density at radius 2 is 1.44 bits per heavy atom. The first-order valence-electron chi connectivity index (χ1n) is 8.84. The molecule has 0 heterocycles. The molecule has 3 N–H and O–H groups in total. The van der Waals surface area contributed by atoms with E-state index < -0.39 is 6.10 Å². The number of carbonyl (C=O) groups is 1. The van der Waals surface area contributed by atoms with Crippen molar-refractivity contribution in [3.63, 3.8) is 0 Å². The fraction of sp³-hybridized carbons (Fsp3) is 0.381. The minimum Gasteiger partial charge on any atom is -0.504 e. The molecule has 2 rings (SSSR count). The molecule has 6 heteroatoms. The van der Waals surface area contributed by atoms with Gasteiger partial charge in [-0.25, -0.2) is 0 Å². The first-order chi connectivity index (χ1) is 12.9. The first-order valence-corrected chi connectivity index (χ1v) is 8.84. The molecule has 6 nitrogen and oxygen atoms in total. The van der Waals surface area contributed by atoms with Crippen LogP contribution in [0.25, 0.3) is 0 Å². The predicted octanol–water partition coefficient (Wildman–Crippen LogP) is 3.00. The van der Waals surface area contributed by atoms with E-state index in [2.05, 4.69) is 0 Å². The third-order valence-corrected chi connectivity index (χ3v) is 4.41. The van der Waals surface area contributed by atoms with Gasteiger partial charge in [0.25, 0.3) is 0 Å². The summed E-state index contributed by atoms with van der Waals surface area (Å²) in [5, 5.41) is 29.3. The summed E-state index contributed by atoms with van der Waals surface area (Å²) in [4.78, 5) is 12.1. The van der Waals surface area contributed by atoms with E-state index >= 15 is 0 Å². The fourth-order valence-electron chi connectivity index (χ4n) is 2.84. The Bertz CT molecular complexity index is 771. The Kier molecular flexibility index (Phi) is 7.49. The second-order valence-electron chi connectivity index (χ2n) is 6.45. The van der Waals surface area contributed by atoms with Gasteiger partial charge in [0.15, 0.2) is 23.0 Å². The molecule has 146 valence electrons. The summed E-state index contributed by atoms with van der Waals surface area (Å²) in [5.74, 6) is 0.890. The van der Waals surface area contributed by atoms with Crippen molar-refractivity contribution >= 4 is 5.78 Å². The minimum atomic E-state index is -0.716. The van der Waals surface area contributed by atoms with Crippen molar-refractivity contribution in [2.24, 2.45) is 0 Å². The van der Waals surface area contributed by atoms with Gasteiger partial charge >= 0.3 is 0 Å². The number of aryl methyl sites for hydroxylation is 2.